The van der Waals surface area contributed by atoms with Crippen molar-refractivity contribution in [1.29, 1.82) is 0 Å². The maximum atomic E-state index is 13.1. The number of hydrogen-bond acceptors (Lipinski definition) is 2. The van der Waals surface area contributed by atoms with Gasteiger partial charge in [0.15, 0.2) is 0 Å². The molecular formula is C17H17Cl2FN2O. The van der Waals surface area contributed by atoms with E-state index in [1.54, 1.807) is 6.92 Å². The average molecular weight is 355 g/mol. The predicted molar refractivity (Wildman–Crippen MR) is 92.4 cm³/mol. The molecule has 1 amide bonds. The highest BCUT2D eigenvalue weighted by molar-refractivity contribution is 6.31. The Labute approximate surface area is 145 Å². The molecule has 0 heterocycles. The van der Waals surface area contributed by atoms with Gasteiger partial charge < -0.3 is 5.32 Å². The number of nitrogens with zero attached hydrogens (tertiary/aromatic N) is 1. The van der Waals surface area contributed by atoms with E-state index in [1.807, 2.05) is 36.2 Å². The lowest BCUT2D eigenvalue weighted by Crippen LogP contribution is -2.39. The van der Waals surface area contributed by atoms with Crippen LogP contribution in [-0.2, 0) is 11.3 Å². The summed E-state index contributed by atoms with van der Waals surface area (Å²) >= 11 is 11.8. The number of nitrogens with one attached hydrogen (secondary N) is 1. The Kier molecular flexibility index (Phi) is 5.99. The van der Waals surface area contributed by atoms with E-state index < -0.39 is 11.9 Å². The number of anilines is 1. The lowest BCUT2D eigenvalue weighted by molar-refractivity contribution is -0.120. The number of benzene rings is 2. The van der Waals surface area contributed by atoms with E-state index in [9.17, 15) is 9.18 Å². The molecule has 122 valence electrons. The van der Waals surface area contributed by atoms with Crippen LogP contribution in [0.2, 0.25) is 10.0 Å². The molecule has 1 atom stereocenters. The van der Waals surface area contributed by atoms with Crippen LogP contribution in [0, 0.1) is 5.82 Å². The number of carbonyl (C=O) groups excluding carboxylic acids is 1. The van der Waals surface area contributed by atoms with Crippen LogP contribution in [0.3, 0.4) is 0 Å². The molecule has 6 heteroatoms. The SMILES string of the molecule is CC(C(=O)Nc1ccc(F)c(Cl)c1)N(C)Cc1ccccc1Cl. The third-order valence-corrected chi connectivity index (χ3v) is 4.26. The van der Waals surface area contributed by atoms with E-state index in [1.165, 1.54) is 18.2 Å². The molecule has 0 bridgehead atoms. The number of halogens is 3. The number of rotatable bonds is 5. The minimum Gasteiger partial charge on any atom is -0.325 e. The molecule has 0 radical (unpaired) electrons. The Morgan fingerprint density at radius 3 is 2.57 bits per heavy atom. The van der Waals surface area contributed by atoms with E-state index in [2.05, 4.69) is 5.32 Å². The van der Waals surface area contributed by atoms with E-state index >= 15 is 0 Å². The van der Waals surface area contributed by atoms with Crippen molar-refractivity contribution in [3.8, 4) is 0 Å². The Hall–Kier alpha value is -1.62. The lowest BCUT2D eigenvalue weighted by Gasteiger charge is -2.24. The molecule has 0 aliphatic heterocycles. The zero-order valence-electron chi connectivity index (χ0n) is 12.8. The number of amides is 1. The monoisotopic (exact) mass is 354 g/mol. The first kappa shape index (κ1) is 17.7. The first-order valence-electron chi connectivity index (χ1n) is 7.08. The summed E-state index contributed by atoms with van der Waals surface area (Å²) in [6.45, 7) is 2.33. The minimum atomic E-state index is -0.520. The van der Waals surface area contributed by atoms with Crippen LogP contribution in [0.15, 0.2) is 42.5 Å². The van der Waals surface area contributed by atoms with Crippen molar-refractivity contribution < 1.29 is 9.18 Å². The van der Waals surface area contributed by atoms with Gasteiger partial charge in [0.05, 0.1) is 11.1 Å². The highest BCUT2D eigenvalue weighted by Gasteiger charge is 2.19. The molecule has 0 fully saturated rings. The van der Waals surface area contributed by atoms with Gasteiger partial charge in [-0.3, -0.25) is 9.69 Å². The van der Waals surface area contributed by atoms with Crippen LogP contribution >= 0.6 is 23.2 Å². The van der Waals surface area contributed by atoms with E-state index in [4.69, 9.17) is 23.2 Å². The Bertz CT molecular complexity index is 709. The van der Waals surface area contributed by atoms with Crippen LogP contribution < -0.4 is 5.32 Å². The molecule has 0 spiro atoms. The number of carbonyl (C=O) groups is 1. The molecule has 23 heavy (non-hydrogen) atoms. The smallest absolute Gasteiger partial charge is 0.241 e. The van der Waals surface area contributed by atoms with Gasteiger partial charge in [0.1, 0.15) is 5.82 Å². The van der Waals surface area contributed by atoms with Crippen molar-refractivity contribution in [2.75, 3.05) is 12.4 Å². The van der Waals surface area contributed by atoms with Crippen molar-refractivity contribution in [3.63, 3.8) is 0 Å². The fourth-order valence-electron chi connectivity index (χ4n) is 2.05. The molecule has 2 aromatic carbocycles. The first-order chi connectivity index (χ1) is 10.9. The van der Waals surface area contributed by atoms with Gasteiger partial charge in [0, 0.05) is 17.3 Å². The lowest BCUT2D eigenvalue weighted by atomic mass is 10.2. The normalized spacial score (nSPS) is 12.3. The Morgan fingerprint density at radius 2 is 1.91 bits per heavy atom. The van der Waals surface area contributed by atoms with Crippen molar-refractivity contribution in [2.24, 2.45) is 0 Å². The highest BCUT2D eigenvalue weighted by atomic mass is 35.5. The summed E-state index contributed by atoms with van der Waals surface area (Å²) in [5.74, 6) is -0.726. The first-order valence-corrected chi connectivity index (χ1v) is 7.83. The van der Waals surface area contributed by atoms with E-state index in [0.717, 1.165) is 5.56 Å². The van der Waals surface area contributed by atoms with Crippen molar-refractivity contribution in [3.05, 3.63) is 63.9 Å². The summed E-state index contributed by atoms with van der Waals surface area (Å²) in [5.41, 5.74) is 1.40. The van der Waals surface area contributed by atoms with Crippen LogP contribution in [0.25, 0.3) is 0 Å². The van der Waals surface area contributed by atoms with Crippen LogP contribution in [0.5, 0.6) is 0 Å². The summed E-state index contributed by atoms with van der Waals surface area (Å²) in [5, 5.41) is 3.36. The van der Waals surface area contributed by atoms with Gasteiger partial charge in [-0.15, -0.1) is 0 Å². The van der Waals surface area contributed by atoms with Gasteiger partial charge in [-0.1, -0.05) is 41.4 Å². The Balaban J connectivity index is 2.01. The molecule has 0 saturated carbocycles. The van der Waals surface area contributed by atoms with E-state index in [0.29, 0.717) is 17.3 Å². The number of likely N-dealkylation sites (N-methyl/N-ethyl adjacent to an activating group) is 1. The molecule has 0 aliphatic rings. The Morgan fingerprint density at radius 1 is 1.22 bits per heavy atom. The average Bonchev–Trinajstić information content (AvgIpc) is 2.52. The summed E-state index contributed by atoms with van der Waals surface area (Å²) in [7, 11) is 1.84. The maximum Gasteiger partial charge on any atom is 0.241 e. The standard InChI is InChI=1S/C17H17Cl2FN2O/c1-11(22(2)10-12-5-3-4-6-14(12)18)17(23)21-13-7-8-16(20)15(19)9-13/h3-9,11H,10H2,1-2H3,(H,21,23). The van der Waals surface area contributed by atoms with Crippen LogP contribution in [0.4, 0.5) is 10.1 Å². The van der Waals surface area contributed by atoms with Gasteiger partial charge in [0.2, 0.25) is 5.91 Å². The molecule has 1 unspecified atom stereocenters. The fourth-order valence-corrected chi connectivity index (χ4v) is 2.43. The maximum absolute atomic E-state index is 13.1. The van der Waals surface area contributed by atoms with Gasteiger partial charge >= 0.3 is 0 Å². The molecule has 1 N–H and O–H groups in total. The second-order valence-corrected chi connectivity index (χ2v) is 6.12. The summed E-state index contributed by atoms with van der Waals surface area (Å²) in [6, 6.07) is 11.2. The molecule has 0 aliphatic carbocycles. The van der Waals surface area contributed by atoms with Gasteiger partial charge in [-0.05, 0) is 43.8 Å². The third kappa shape index (κ3) is 4.67. The van der Waals surface area contributed by atoms with E-state index in [-0.39, 0.29) is 10.9 Å². The number of hydrogen-bond donors (Lipinski definition) is 1. The van der Waals surface area contributed by atoms with Crippen LogP contribution in [-0.4, -0.2) is 23.9 Å². The van der Waals surface area contributed by atoms with Crippen molar-refractivity contribution in [1.82, 2.24) is 4.90 Å². The fraction of sp³-hybridized carbons (Fsp3) is 0.235. The second-order valence-electron chi connectivity index (χ2n) is 5.30. The van der Waals surface area contributed by atoms with Crippen molar-refractivity contribution in [2.45, 2.75) is 19.5 Å². The molecule has 3 nitrogen and oxygen atoms in total. The zero-order valence-corrected chi connectivity index (χ0v) is 14.3. The predicted octanol–water partition coefficient (Wildman–Crippen LogP) is 4.59. The third-order valence-electron chi connectivity index (χ3n) is 3.61. The van der Waals surface area contributed by atoms with Crippen molar-refractivity contribution >= 4 is 34.8 Å². The quantitative estimate of drug-likeness (QED) is 0.851. The molecular weight excluding hydrogens is 338 g/mol. The molecule has 0 aromatic heterocycles. The zero-order chi connectivity index (χ0) is 17.0. The van der Waals surface area contributed by atoms with Crippen LogP contribution in [0.1, 0.15) is 12.5 Å². The summed E-state index contributed by atoms with van der Waals surface area (Å²) < 4.78 is 13.1. The summed E-state index contributed by atoms with van der Waals surface area (Å²) in [6.07, 6.45) is 0. The second kappa shape index (κ2) is 7.77. The minimum absolute atomic E-state index is 0.0279. The highest BCUT2D eigenvalue weighted by Crippen LogP contribution is 2.20. The molecule has 2 rings (SSSR count). The van der Waals surface area contributed by atoms with Gasteiger partial charge in [0.25, 0.3) is 0 Å². The van der Waals surface area contributed by atoms with Gasteiger partial charge in [-0.2, -0.15) is 0 Å². The topological polar surface area (TPSA) is 32.3 Å². The molecule has 0 saturated heterocycles. The summed E-state index contributed by atoms with van der Waals surface area (Å²) in [4.78, 5) is 14.2. The molecule has 2 aromatic rings. The van der Waals surface area contributed by atoms with Gasteiger partial charge in [-0.25, -0.2) is 4.39 Å². The largest absolute Gasteiger partial charge is 0.325 e.